The number of hydrogen-bond donors (Lipinski definition) is 2. The van der Waals surface area contributed by atoms with Crippen LogP contribution in [0.5, 0.6) is 0 Å². The molecule has 0 aliphatic rings. The third-order valence-corrected chi connectivity index (χ3v) is 3.76. The second-order valence-corrected chi connectivity index (χ2v) is 5.20. The molecule has 1 heterocycles. The van der Waals surface area contributed by atoms with Crippen molar-refractivity contribution in [3.63, 3.8) is 0 Å². The van der Waals surface area contributed by atoms with Crippen LogP contribution in [0, 0.1) is 5.92 Å². The molecule has 2 N–H and O–H groups in total. The predicted octanol–water partition coefficient (Wildman–Crippen LogP) is 3.32. The van der Waals surface area contributed by atoms with E-state index in [9.17, 15) is 4.79 Å². The molecular formula is C16H21N3O2. The van der Waals surface area contributed by atoms with Gasteiger partial charge < -0.3 is 10.4 Å². The maximum atomic E-state index is 10.6. The smallest absolute Gasteiger partial charge is 0.303 e. The number of hydrogen-bond acceptors (Lipinski definition) is 4. The summed E-state index contributed by atoms with van der Waals surface area (Å²) in [6, 6.07) is 7.99. The van der Waals surface area contributed by atoms with Gasteiger partial charge in [-0.3, -0.25) is 4.79 Å². The number of carboxylic acids is 1. The highest BCUT2D eigenvalue weighted by Gasteiger charge is 2.09. The van der Waals surface area contributed by atoms with E-state index in [1.807, 2.05) is 24.3 Å². The SMILES string of the molecule is CCC(CCNc1nncc2ccccc12)CCC(=O)O. The molecule has 0 bridgehead atoms. The van der Waals surface area contributed by atoms with Crippen LogP contribution in [0.4, 0.5) is 5.82 Å². The van der Waals surface area contributed by atoms with Gasteiger partial charge in [-0.1, -0.05) is 37.6 Å². The Morgan fingerprint density at radius 2 is 2.14 bits per heavy atom. The number of fused-ring (bicyclic) bond motifs is 1. The fourth-order valence-corrected chi connectivity index (χ4v) is 2.43. The first-order valence-corrected chi connectivity index (χ1v) is 7.36. The van der Waals surface area contributed by atoms with Crippen LogP contribution >= 0.6 is 0 Å². The summed E-state index contributed by atoms with van der Waals surface area (Å²) >= 11 is 0. The van der Waals surface area contributed by atoms with Crippen LogP contribution in [0.15, 0.2) is 30.5 Å². The topological polar surface area (TPSA) is 75.1 Å². The number of aromatic nitrogens is 2. The average molecular weight is 287 g/mol. The molecule has 0 radical (unpaired) electrons. The van der Waals surface area contributed by atoms with Gasteiger partial charge in [-0.05, 0) is 18.8 Å². The minimum Gasteiger partial charge on any atom is -0.481 e. The molecular weight excluding hydrogens is 266 g/mol. The first kappa shape index (κ1) is 15.2. The minimum atomic E-state index is -0.721. The summed E-state index contributed by atoms with van der Waals surface area (Å²) in [6.07, 6.45) is 4.66. The summed E-state index contributed by atoms with van der Waals surface area (Å²) in [7, 11) is 0. The number of carboxylic acid groups (broad SMARTS) is 1. The van der Waals surface area contributed by atoms with Crippen molar-refractivity contribution in [1.82, 2.24) is 10.2 Å². The van der Waals surface area contributed by atoms with Gasteiger partial charge in [-0.2, -0.15) is 5.10 Å². The second kappa shape index (κ2) is 7.57. The third-order valence-electron chi connectivity index (χ3n) is 3.76. The normalized spacial score (nSPS) is 12.2. The number of nitrogens with one attached hydrogen (secondary N) is 1. The van der Waals surface area contributed by atoms with Gasteiger partial charge >= 0.3 is 5.97 Å². The van der Waals surface area contributed by atoms with E-state index >= 15 is 0 Å². The Kier molecular flexibility index (Phi) is 5.49. The van der Waals surface area contributed by atoms with Gasteiger partial charge in [-0.25, -0.2) is 0 Å². The van der Waals surface area contributed by atoms with Gasteiger partial charge in [-0.15, -0.1) is 5.10 Å². The first-order chi connectivity index (χ1) is 10.2. The maximum Gasteiger partial charge on any atom is 0.303 e. The predicted molar refractivity (Wildman–Crippen MR) is 83.3 cm³/mol. The van der Waals surface area contributed by atoms with Crippen molar-refractivity contribution in [2.75, 3.05) is 11.9 Å². The van der Waals surface area contributed by atoms with E-state index in [2.05, 4.69) is 22.4 Å². The van der Waals surface area contributed by atoms with Gasteiger partial charge in [0.2, 0.25) is 0 Å². The molecule has 21 heavy (non-hydrogen) atoms. The van der Waals surface area contributed by atoms with Crippen LogP contribution in [0.25, 0.3) is 10.8 Å². The maximum absolute atomic E-state index is 10.6. The molecule has 2 aromatic rings. The van der Waals surface area contributed by atoms with E-state index in [0.29, 0.717) is 5.92 Å². The molecule has 0 amide bonds. The van der Waals surface area contributed by atoms with E-state index in [1.54, 1.807) is 6.20 Å². The van der Waals surface area contributed by atoms with Gasteiger partial charge in [0.25, 0.3) is 0 Å². The zero-order valence-corrected chi connectivity index (χ0v) is 12.2. The van der Waals surface area contributed by atoms with Crippen molar-refractivity contribution in [1.29, 1.82) is 0 Å². The number of rotatable bonds is 8. The molecule has 0 aliphatic heterocycles. The highest BCUT2D eigenvalue weighted by atomic mass is 16.4. The molecule has 5 heteroatoms. The van der Waals surface area contributed by atoms with Crippen molar-refractivity contribution in [2.24, 2.45) is 5.92 Å². The molecule has 1 aromatic carbocycles. The number of carbonyl (C=O) groups is 1. The lowest BCUT2D eigenvalue weighted by molar-refractivity contribution is -0.137. The quantitative estimate of drug-likeness (QED) is 0.779. The van der Waals surface area contributed by atoms with E-state index in [-0.39, 0.29) is 6.42 Å². The second-order valence-electron chi connectivity index (χ2n) is 5.20. The van der Waals surface area contributed by atoms with Crippen LogP contribution < -0.4 is 5.32 Å². The molecule has 1 unspecified atom stereocenters. The lowest BCUT2D eigenvalue weighted by Crippen LogP contribution is -2.11. The van der Waals surface area contributed by atoms with Crippen LogP contribution in [-0.4, -0.2) is 27.8 Å². The van der Waals surface area contributed by atoms with Crippen LogP contribution in [-0.2, 0) is 4.79 Å². The molecule has 0 saturated carbocycles. The summed E-state index contributed by atoms with van der Waals surface area (Å²) in [5, 5.41) is 22.3. The highest BCUT2D eigenvalue weighted by molar-refractivity contribution is 5.90. The Morgan fingerprint density at radius 1 is 1.33 bits per heavy atom. The van der Waals surface area contributed by atoms with Crippen molar-refractivity contribution in [2.45, 2.75) is 32.6 Å². The summed E-state index contributed by atoms with van der Waals surface area (Å²) in [5.41, 5.74) is 0. The van der Waals surface area contributed by atoms with Gasteiger partial charge in [0.15, 0.2) is 5.82 Å². The van der Waals surface area contributed by atoms with Crippen molar-refractivity contribution in [3.8, 4) is 0 Å². The highest BCUT2D eigenvalue weighted by Crippen LogP contribution is 2.20. The first-order valence-electron chi connectivity index (χ1n) is 7.36. The van der Waals surface area contributed by atoms with Crippen molar-refractivity contribution < 1.29 is 9.90 Å². The molecule has 1 atom stereocenters. The van der Waals surface area contributed by atoms with E-state index < -0.39 is 5.97 Å². The summed E-state index contributed by atoms with van der Waals surface area (Å²) in [6.45, 7) is 2.88. The Bertz CT molecular complexity index is 596. The Hall–Kier alpha value is -2.17. The lowest BCUT2D eigenvalue weighted by Gasteiger charge is -2.14. The van der Waals surface area contributed by atoms with Gasteiger partial charge in [0.1, 0.15) is 0 Å². The van der Waals surface area contributed by atoms with Crippen LogP contribution in [0.3, 0.4) is 0 Å². The van der Waals surface area contributed by atoms with E-state index in [1.165, 1.54) is 0 Å². The Morgan fingerprint density at radius 3 is 2.90 bits per heavy atom. The largest absolute Gasteiger partial charge is 0.481 e. The summed E-state index contributed by atoms with van der Waals surface area (Å²) in [4.78, 5) is 10.6. The molecule has 0 aliphatic carbocycles. The van der Waals surface area contributed by atoms with Gasteiger partial charge in [0, 0.05) is 23.7 Å². The molecule has 0 fully saturated rings. The lowest BCUT2D eigenvalue weighted by atomic mass is 9.96. The Labute approximate surface area is 124 Å². The molecule has 2 rings (SSSR count). The molecule has 5 nitrogen and oxygen atoms in total. The number of aliphatic carboxylic acids is 1. The third kappa shape index (κ3) is 4.41. The summed E-state index contributed by atoms with van der Waals surface area (Å²) < 4.78 is 0. The van der Waals surface area contributed by atoms with Crippen molar-refractivity contribution >= 4 is 22.6 Å². The fourth-order valence-electron chi connectivity index (χ4n) is 2.43. The number of benzene rings is 1. The average Bonchev–Trinajstić information content (AvgIpc) is 2.50. The zero-order chi connectivity index (χ0) is 15.1. The van der Waals surface area contributed by atoms with E-state index in [4.69, 9.17) is 5.11 Å². The van der Waals surface area contributed by atoms with E-state index in [0.717, 1.165) is 42.4 Å². The Balaban J connectivity index is 1.91. The number of anilines is 1. The summed E-state index contributed by atoms with van der Waals surface area (Å²) in [5.74, 6) is 0.499. The monoisotopic (exact) mass is 287 g/mol. The van der Waals surface area contributed by atoms with Crippen LogP contribution in [0.2, 0.25) is 0 Å². The van der Waals surface area contributed by atoms with Crippen molar-refractivity contribution in [3.05, 3.63) is 30.5 Å². The molecule has 1 aromatic heterocycles. The number of nitrogens with zero attached hydrogens (tertiary/aromatic N) is 2. The zero-order valence-electron chi connectivity index (χ0n) is 12.2. The molecule has 0 saturated heterocycles. The van der Waals surface area contributed by atoms with Gasteiger partial charge in [0.05, 0.1) is 6.20 Å². The standard InChI is InChI=1S/C16H21N3O2/c1-2-12(7-8-15(20)21)9-10-17-16-14-6-4-3-5-13(14)11-18-19-16/h3-6,11-12H,2,7-10H2,1H3,(H,17,19)(H,20,21). The fraction of sp³-hybridized carbons (Fsp3) is 0.438. The molecule has 0 spiro atoms. The minimum absolute atomic E-state index is 0.243. The molecule has 112 valence electrons. The van der Waals surface area contributed by atoms with Crippen LogP contribution in [0.1, 0.15) is 32.6 Å².